The molecule has 0 aliphatic rings. The molecule has 0 aromatic rings. The molecule has 0 rings (SSSR count). The Morgan fingerprint density at radius 1 is 1.25 bits per heavy atom. The van der Waals surface area contributed by atoms with Gasteiger partial charge in [-0.15, -0.1) is 0 Å². The average molecular weight is 168 g/mol. The zero-order valence-corrected chi connectivity index (χ0v) is 7.24. The highest BCUT2D eigenvalue weighted by atomic mass is 16.5. The van der Waals surface area contributed by atoms with Crippen LogP contribution in [0.4, 0.5) is 0 Å². The van der Waals surface area contributed by atoms with Crippen molar-refractivity contribution in [3.8, 4) is 0 Å². The predicted molar refractivity (Wildman–Crippen MR) is 45.6 cm³/mol. The van der Waals surface area contributed by atoms with Crippen molar-refractivity contribution in [2.45, 2.75) is 13.8 Å². The molecule has 0 atom stereocenters. The van der Waals surface area contributed by atoms with Crippen LogP contribution in [-0.2, 0) is 14.3 Å². The number of esters is 1. The van der Waals surface area contributed by atoms with E-state index >= 15 is 0 Å². The van der Waals surface area contributed by atoms with Gasteiger partial charge in [0, 0.05) is 6.08 Å². The molecule has 0 N–H and O–H groups in total. The molecule has 0 aromatic carbocycles. The summed E-state index contributed by atoms with van der Waals surface area (Å²) in [6, 6.07) is 0. The minimum Gasteiger partial charge on any atom is -0.463 e. The van der Waals surface area contributed by atoms with Gasteiger partial charge in [0.25, 0.3) is 0 Å². The Kier molecular flexibility index (Phi) is 5.61. The van der Waals surface area contributed by atoms with Gasteiger partial charge in [0.05, 0.1) is 6.61 Å². The Hall–Kier alpha value is -1.38. The van der Waals surface area contributed by atoms with Crippen LogP contribution < -0.4 is 0 Å². The van der Waals surface area contributed by atoms with Gasteiger partial charge in [0.15, 0.2) is 5.78 Å². The van der Waals surface area contributed by atoms with Gasteiger partial charge < -0.3 is 4.74 Å². The van der Waals surface area contributed by atoms with Crippen LogP contribution in [0.1, 0.15) is 13.8 Å². The van der Waals surface area contributed by atoms with Gasteiger partial charge in [-0.1, -0.05) is 12.2 Å². The maximum atomic E-state index is 10.7. The molecule has 0 unspecified atom stereocenters. The summed E-state index contributed by atoms with van der Waals surface area (Å²) >= 11 is 0. The van der Waals surface area contributed by atoms with Gasteiger partial charge in [-0.2, -0.15) is 0 Å². The van der Waals surface area contributed by atoms with Gasteiger partial charge in [-0.3, -0.25) is 4.79 Å². The summed E-state index contributed by atoms with van der Waals surface area (Å²) in [4.78, 5) is 21.0. The van der Waals surface area contributed by atoms with E-state index in [2.05, 4.69) is 4.74 Å². The monoisotopic (exact) mass is 168 g/mol. The van der Waals surface area contributed by atoms with E-state index in [1.165, 1.54) is 31.2 Å². The van der Waals surface area contributed by atoms with Crippen LogP contribution >= 0.6 is 0 Å². The summed E-state index contributed by atoms with van der Waals surface area (Å²) in [5.74, 6) is -0.450. The van der Waals surface area contributed by atoms with Crippen LogP contribution in [0.5, 0.6) is 0 Å². The lowest BCUT2D eigenvalue weighted by atomic mass is 10.3. The third-order valence-electron chi connectivity index (χ3n) is 0.961. The maximum absolute atomic E-state index is 10.7. The Balaban J connectivity index is 3.75. The molecule has 0 aromatic heterocycles. The molecule has 0 fully saturated rings. The van der Waals surface area contributed by atoms with E-state index in [4.69, 9.17) is 0 Å². The Bertz CT molecular complexity index is 214. The Morgan fingerprint density at radius 2 is 1.83 bits per heavy atom. The summed E-state index contributed by atoms with van der Waals surface area (Å²) in [7, 11) is 0. The van der Waals surface area contributed by atoms with Crippen molar-refractivity contribution in [1.82, 2.24) is 0 Å². The lowest BCUT2D eigenvalue weighted by molar-refractivity contribution is -0.137. The molecule has 0 aliphatic carbocycles. The second kappa shape index (κ2) is 6.34. The summed E-state index contributed by atoms with van der Waals surface area (Å²) in [6.45, 7) is 3.53. The van der Waals surface area contributed by atoms with Gasteiger partial charge in [0.1, 0.15) is 0 Å². The van der Waals surface area contributed by atoms with E-state index in [9.17, 15) is 9.59 Å². The number of allylic oxidation sites excluding steroid dienone is 3. The van der Waals surface area contributed by atoms with Crippen LogP contribution in [0.3, 0.4) is 0 Å². The Labute approximate surface area is 71.7 Å². The van der Waals surface area contributed by atoms with Crippen LogP contribution in [0.15, 0.2) is 24.3 Å². The fourth-order valence-electron chi connectivity index (χ4n) is 0.516. The first-order valence-corrected chi connectivity index (χ1v) is 3.69. The van der Waals surface area contributed by atoms with Gasteiger partial charge in [-0.05, 0) is 19.9 Å². The molecule has 0 amide bonds. The molecule has 0 saturated heterocycles. The summed E-state index contributed by atoms with van der Waals surface area (Å²) in [6.07, 6.45) is 5.61. The quantitative estimate of drug-likeness (QED) is 0.360. The molecular weight excluding hydrogens is 156 g/mol. The third kappa shape index (κ3) is 6.74. The van der Waals surface area contributed by atoms with Crippen LogP contribution in [0.2, 0.25) is 0 Å². The molecule has 66 valence electrons. The third-order valence-corrected chi connectivity index (χ3v) is 0.961. The van der Waals surface area contributed by atoms with E-state index in [0.29, 0.717) is 6.61 Å². The molecule has 0 aliphatic heterocycles. The second-order valence-electron chi connectivity index (χ2n) is 2.08. The smallest absolute Gasteiger partial charge is 0.330 e. The lowest BCUT2D eigenvalue weighted by Crippen LogP contribution is -1.98. The van der Waals surface area contributed by atoms with Gasteiger partial charge in [0.2, 0.25) is 0 Å². The number of carbonyl (C=O) groups is 2. The molecular formula is C9H12O3. The van der Waals surface area contributed by atoms with Crippen LogP contribution in [-0.4, -0.2) is 18.4 Å². The number of ether oxygens (including phenoxy) is 1. The van der Waals surface area contributed by atoms with Crippen LogP contribution in [0.25, 0.3) is 0 Å². The summed E-state index contributed by atoms with van der Waals surface area (Å²) in [5.41, 5.74) is 0. The highest BCUT2D eigenvalue weighted by Gasteiger charge is 1.89. The van der Waals surface area contributed by atoms with Crippen molar-refractivity contribution >= 4 is 11.8 Å². The zero-order valence-electron chi connectivity index (χ0n) is 7.24. The van der Waals surface area contributed by atoms with Gasteiger partial charge >= 0.3 is 5.97 Å². The topological polar surface area (TPSA) is 43.4 Å². The van der Waals surface area contributed by atoms with Crippen molar-refractivity contribution < 1.29 is 14.3 Å². The molecule has 0 radical (unpaired) electrons. The number of ketones is 1. The molecule has 0 saturated carbocycles. The fourth-order valence-corrected chi connectivity index (χ4v) is 0.516. The summed E-state index contributed by atoms with van der Waals surface area (Å²) in [5, 5.41) is 0. The molecule has 0 bridgehead atoms. The number of carbonyl (C=O) groups excluding carboxylic acids is 2. The largest absolute Gasteiger partial charge is 0.463 e. The zero-order chi connectivity index (χ0) is 9.40. The average Bonchev–Trinajstić information content (AvgIpc) is 1.98. The number of hydrogen-bond donors (Lipinski definition) is 0. The first-order chi connectivity index (χ1) is 5.66. The molecule has 12 heavy (non-hydrogen) atoms. The predicted octanol–water partition coefficient (Wildman–Crippen LogP) is 1.25. The van der Waals surface area contributed by atoms with Crippen molar-refractivity contribution in [3.63, 3.8) is 0 Å². The van der Waals surface area contributed by atoms with Crippen molar-refractivity contribution in [2.24, 2.45) is 0 Å². The summed E-state index contributed by atoms with van der Waals surface area (Å²) < 4.78 is 4.60. The van der Waals surface area contributed by atoms with E-state index in [1.54, 1.807) is 6.92 Å². The maximum Gasteiger partial charge on any atom is 0.330 e. The highest BCUT2D eigenvalue weighted by Crippen LogP contribution is 1.83. The van der Waals surface area contributed by atoms with Crippen molar-refractivity contribution in [2.75, 3.05) is 6.61 Å². The standard InChI is InChI=1S/C9H12O3/c1-3-12-9(11)7-5-4-6-8(2)10/h4-7H,3H2,1-2H3/b6-4+,7-5+. The van der Waals surface area contributed by atoms with E-state index in [1.807, 2.05) is 0 Å². The molecule has 3 heteroatoms. The normalized spacial score (nSPS) is 10.8. The SMILES string of the molecule is CCOC(=O)/C=C/C=C/C(C)=O. The molecule has 0 heterocycles. The number of hydrogen-bond acceptors (Lipinski definition) is 3. The number of rotatable bonds is 4. The van der Waals surface area contributed by atoms with Gasteiger partial charge in [-0.25, -0.2) is 4.79 Å². The highest BCUT2D eigenvalue weighted by molar-refractivity contribution is 5.88. The van der Waals surface area contributed by atoms with E-state index in [0.717, 1.165) is 0 Å². The minimum absolute atomic E-state index is 0.0523. The van der Waals surface area contributed by atoms with E-state index in [-0.39, 0.29) is 5.78 Å². The molecule has 3 nitrogen and oxygen atoms in total. The first-order valence-electron chi connectivity index (χ1n) is 3.69. The minimum atomic E-state index is -0.397. The van der Waals surface area contributed by atoms with Crippen LogP contribution in [0, 0.1) is 0 Å². The second-order valence-corrected chi connectivity index (χ2v) is 2.08. The molecule has 0 spiro atoms. The first kappa shape index (κ1) is 10.6. The van der Waals surface area contributed by atoms with Crippen molar-refractivity contribution in [1.29, 1.82) is 0 Å². The van der Waals surface area contributed by atoms with E-state index < -0.39 is 5.97 Å². The van der Waals surface area contributed by atoms with Crippen molar-refractivity contribution in [3.05, 3.63) is 24.3 Å². The Morgan fingerprint density at radius 3 is 2.33 bits per heavy atom. The fraction of sp³-hybridized carbons (Fsp3) is 0.333. The lowest BCUT2D eigenvalue weighted by Gasteiger charge is -1.92.